The lowest BCUT2D eigenvalue weighted by Crippen LogP contribution is -2.50. The van der Waals surface area contributed by atoms with Gasteiger partial charge in [-0.15, -0.1) is 0 Å². The van der Waals surface area contributed by atoms with E-state index < -0.39 is 11.6 Å². The van der Waals surface area contributed by atoms with Crippen LogP contribution < -0.4 is 0 Å². The molecule has 0 unspecified atom stereocenters. The number of nitrogens with zero attached hydrogens (tertiary/aromatic N) is 1. The summed E-state index contributed by atoms with van der Waals surface area (Å²) in [5.74, 6) is 0.0113. The fraction of sp³-hybridized carbons (Fsp3) is 0.269. The fourth-order valence-electron chi connectivity index (χ4n) is 4.05. The highest BCUT2D eigenvalue weighted by molar-refractivity contribution is 5.79. The molecule has 1 amide bonds. The Balaban J connectivity index is 1.55. The van der Waals surface area contributed by atoms with Crippen molar-refractivity contribution in [3.05, 3.63) is 95.6 Å². The van der Waals surface area contributed by atoms with Crippen LogP contribution in [-0.4, -0.2) is 34.9 Å². The van der Waals surface area contributed by atoms with E-state index in [-0.39, 0.29) is 19.1 Å². The summed E-state index contributed by atoms with van der Waals surface area (Å²) >= 11 is 0. The molecule has 0 bridgehead atoms. The summed E-state index contributed by atoms with van der Waals surface area (Å²) in [6.07, 6.45) is -0.417. The zero-order valence-corrected chi connectivity index (χ0v) is 17.4. The van der Waals surface area contributed by atoms with Crippen LogP contribution in [0.4, 0.5) is 4.79 Å². The number of hydrogen-bond donors (Lipinski definition) is 1. The molecule has 0 radical (unpaired) electrons. The maximum atomic E-state index is 13.1. The van der Waals surface area contributed by atoms with Crippen LogP contribution in [0.3, 0.4) is 0 Å². The number of fused-ring (bicyclic) bond motifs is 3. The summed E-state index contributed by atoms with van der Waals surface area (Å²) in [4.78, 5) is 14.7. The minimum absolute atomic E-state index is 0.0113. The molecule has 0 spiro atoms. The summed E-state index contributed by atoms with van der Waals surface area (Å²) in [6.45, 7) is 4.18. The Hall–Kier alpha value is -3.11. The Labute approximate surface area is 177 Å². The second-order valence-corrected chi connectivity index (χ2v) is 8.35. The standard InChI is InChI=1S/C26H27NO3/c1-26(2,18-28)27(16-19-10-4-3-5-11-19)25(29)30-17-24-22-14-8-6-12-20(22)21-13-7-9-15-23(21)24/h3-15,24,28H,16-18H2,1-2H3. The second-order valence-electron chi connectivity index (χ2n) is 8.35. The molecule has 4 nitrogen and oxygen atoms in total. The lowest BCUT2D eigenvalue weighted by atomic mass is 9.98. The third-order valence-electron chi connectivity index (χ3n) is 5.86. The van der Waals surface area contributed by atoms with Gasteiger partial charge >= 0.3 is 6.09 Å². The molecule has 1 aliphatic carbocycles. The van der Waals surface area contributed by atoms with Gasteiger partial charge in [0.2, 0.25) is 0 Å². The molecule has 0 heterocycles. The van der Waals surface area contributed by atoms with E-state index in [1.807, 2.05) is 68.4 Å². The molecule has 154 valence electrons. The summed E-state index contributed by atoms with van der Waals surface area (Å²) in [6, 6.07) is 26.3. The average molecular weight is 402 g/mol. The van der Waals surface area contributed by atoms with Gasteiger partial charge in [0, 0.05) is 12.5 Å². The molecule has 30 heavy (non-hydrogen) atoms. The lowest BCUT2D eigenvalue weighted by molar-refractivity contribution is 0.0295. The number of rotatable bonds is 6. The van der Waals surface area contributed by atoms with Crippen molar-refractivity contribution in [1.82, 2.24) is 4.90 Å². The van der Waals surface area contributed by atoms with Crippen LogP contribution in [0.15, 0.2) is 78.9 Å². The molecular formula is C26H27NO3. The van der Waals surface area contributed by atoms with E-state index in [4.69, 9.17) is 4.74 Å². The SMILES string of the molecule is CC(C)(CO)N(Cc1ccccc1)C(=O)OCC1c2ccccc2-c2ccccc21. The molecule has 4 rings (SSSR count). The fourth-order valence-corrected chi connectivity index (χ4v) is 4.05. The van der Waals surface area contributed by atoms with E-state index in [9.17, 15) is 9.90 Å². The first-order chi connectivity index (χ1) is 14.5. The van der Waals surface area contributed by atoms with Crippen molar-refractivity contribution in [2.75, 3.05) is 13.2 Å². The van der Waals surface area contributed by atoms with Gasteiger partial charge in [-0.1, -0.05) is 78.9 Å². The van der Waals surface area contributed by atoms with E-state index >= 15 is 0 Å². The first kappa shape index (κ1) is 20.2. The Morgan fingerprint density at radius 2 is 1.43 bits per heavy atom. The highest BCUT2D eigenvalue weighted by atomic mass is 16.6. The molecule has 3 aromatic rings. The zero-order valence-electron chi connectivity index (χ0n) is 17.4. The molecular weight excluding hydrogens is 374 g/mol. The third kappa shape index (κ3) is 3.83. The number of carbonyl (C=O) groups excluding carboxylic acids is 1. The summed E-state index contributed by atoms with van der Waals surface area (Å²) in [5, 5.41) is 9.88. The molecule has 0 aliphatic heterocycles. The predicted molar refractivity (Wildman–Crippen MR) is 118 cm³/mol. The molecule has 0 saturated heterocycles. The topological polar surface area (TPSA) is 49.8 Å². The summed E-state index contributed by atoms with van der Waals surface area (Å²) in [7, 11) is 0. The maximum Gasteiger partial charge on any atom is 0.410 e. The quantitative estimate of drug-likeness (QED) is 0.617. The minimum atomic E-state index is -0.738. The van der Waals surface area contributed by atoms with Crippen LogP contribution in [0.5, 0.6) is 0 Å². The highest BCUT2D eigenvalue weighted by Crippen LogP contribution is 2.44. The van der Waals surface area contributed by atoms with Gasteiger partial charge in [-0.2, -0.15) is 0 Å². The number of ether oxygens (including phenoxy) is 1. The van der Waals surface area contributed by atoms with Crippen LogP contribution in [0.25, 0.3) is 11.1 Å². The lowest BCUT2D eigenvalue weighted by Gasteiger charge is -2.36. The van der Waals surface area contributed by atoms with Crippen LogP contribution in [0, 0.1) is 0 Å². The number of benzene rings is 3. The van der Waals surface area contributed by atoms with Gasteiger partial charge in [0.15, 0.2) is 0 Å². The Morgan fingerprint density at radius 1 is 0.900 bits per heavy atom. The Morgan fingerprint density at radius 3 is 2.00 bits per heavy atom. The predicted octanol–water partition coefficient (Wildman–Crippen LogP) is 5.21. The number of amides is 1. The number of aliphatic hydroxyl groups is 1. The first-order valence-electron chi connectivity index (χ1n) is 10.3. The van der Waals surface area contributed by atoms with Gasteiger partial charge in [0.1, 0.15) is 6.61 Å². The Bertz CT molecular complexity index is 984. The largest absolute Gasteiger partial charge is 0.448 e. The number of hydrogen-bond acceptors (Lipinski definition) is 3. The van der Waals surface area contributed by atoms with Crippen LogP contribution in [0.2, 0.25) is 0 Å². The highest BCUT2D eigenvalue weighted by Gasteiger charge is 2.34. The maximum absolute atomic E-state index is 13.1. The van der Waals surface area contributed by atoms with E-state index in [2.05, 4.69) is 24.3 Å². The van der Waals surface area contributed by atoms with Gasteiger partial charge in [-0.25, -0.2) is 4.79 Å². The molecule has 0 aromatic heterocycles. The Kier molecular flexibility index (Phi) is 5.60. The summed E-state index contributed by atoms with van der Waals surface area (Å²) in [5.41, 5.74) is 5.02. The number of aliphatic hydroxyl groups excluding tert-OH is 1. The van der Waals surface area contributed by atoms with Crippen molar-refractivity contribution in [2.45, 2.75) is 31.8 Å². The normalized spacial score (nSPS) is 12.9. The monoisotopic (exact) mass is 401 g/mol. The zero-order chi connectivity index (χ0) is 21.1. The van der Waals surface area contributed by atoms with Crippen molar-refractivity contribution >= 4 is 6.09 Å². The van der Waals surface area contributed by atoms with Crippen molar-refractivity contribution in [2.24, 2.45) is 0 Å². The molecule has 4 heteroatoms. The van der Waals surface area contributed by atoms with E-state index in [0.29, 0.717) is 6.54 Å². The van der Waals surface area contributed by atoms with Crippen molar-refractivity contribution in [1.29, 1.82) is 0 Å². The van der Waals surface area contributed by atoms with Crippen molar-refractivity contribution in [3.63, 3.8) is 0 Å². The first-order valence-corrected chi connectivity index (χ1v) is 10.3. The van der Waals surface area contributed by atoms with Gasteiger partial charge < -0.3 is 9.84 Å². The second kappa shape index (κ2) is 8.33. The van der Waals surface area contributed by atoms with E-state index in [1.54, 1.807) is 4.90 Å². The minimum Gasteiger partial charge on any atom is -0.448 e. The van der Waals surface area contributed by atoms with Gasteiger partial charge in [-0.3, -0.25) is 4.90 Å². The van der Waals surface area contributed by atoms with Crippen LogP contribution >= 0.6 is 0 Å². The van der Waals surface area contributed by atoms with Gasteiger partial charge in [0.05, 0.1) is 12.1 Å². The van der Waals surface area contributed by atoms with Crippen LogP contribution in [0.1, 0.15) is 36.5 Å². The average Bonchev–Trinajstić information content (AvgIpc) is 3.10. The summed E-state index contributed by atoms with van der Waals surface area (Å²) < 4.78 is 5.84. The molecule has 1 aliphatic rings. The third-order valence-corrected chi connectivity index (χ3v) is 5.86. The van der Waals surface area contributed by atoms with E-state index in [0.717, 1.165) is 5.56 Å². The molecule has 0 atom stereocenters. The smallest absolute Gasteiger partial charge is 0.410 e. The van der Waals surface area contributed by atoms with Gasteiger partial charge in [-0.05, 0) is 41.7 Å². The number of carbonyl (C=O) groups is 1. The molecule has 3 aromatic carbocycles. The van der Waals surface area contributed by atoms with Crippen molar-refractivity contribution < 1.29 is 14.6 Å². The van der Waals surface area contributed by atoms with Crippen molar-refractivity contribution in [3.8, 4) is 11.1 Å². The van der Waals surface area contributed by atoms with E-state index in [1.165, 1.54) is 22.3 Å². The van der Waals surface area contributed by atoms with Gasteiger partial charge in [0.25, 0.3) is 0 Å². The van der Waals surface area contributed by atoms with Crippen LogP contribution in [-0.2, 0) is 11.3 Å². The molecule has 1 N–H and O–H groups in total. The molecule has 0 saturated carbocycles. The molecule has 0 fully saturated rings.